The van der Waals surface area contributed by atoms with Gasteiger partial charge in [0.25, 0.3) is 5.91 Å². The third kappa shape index (κ3) is 7.80. The van der Waals surface area contributed by atoms with Crippen LogP contribution in [0.15, 0.2) is 42.5 Å². The van der Waals surface area contributed by atoms with Crippen LogP contribution in [-0.4, -0.2) is 117 Å². The van der Waals surface area contributed by atoms with E-state index in [1.165, 1.54) is 11.1 Å². The quantitative estimate of drug-likeness (QED) is 0.385. The highest BCUT2D eigenvalue weighted by Gasteiger charge is 2.50. The van der Waals surface area contributed by atoms with Crippen LogP contribution in [0.3, 0.4) is 0 Å². The van der Waals surface area contributed by atoms with Crippen molar-refractivity contribution in [3.05, 3.63) is 64.3 Å². The lowest BCUT2D eigenvalue weighted by Gasteiger charge is -2.52. The van der Waals surface area contributed by atoms with Gasteiger partial charge in [-0.15, -0.1) is 0 Å². The number of fused-ring (bicyclic) bond motifs is 4. The molecule has 13 heteroatoms. The van der Waals surface area contributed by atoms with Crippen LogP contribution in [0.2, 0.25) is 5.02 Å². The number of sulfonamides is 1. The maximum Gasteiger partial charge on any atom is 0.283 e. The molecule has 6 atom stereocenters. The molecule has 1 spiro atoms. The van der Waals surface area contributed by atoms with Crippen LogP contribution in [0.25, 0.3) is 0 Å². The van der Waals surface area contributed by atoms with Crippen molar-refractivity contribution in [1.82, 2.24) is 19.5 Å². The Hall–Kier alpha value is -2.74. The van der Waals surface area contributed by atoms with Crippen molar-refractivity contribution in [3.63, 3.8) is 0 Å². The fourth-order valence-electron chi connectivity index (χ4n) is 9.95. The number of methoxy groups -OCH3 is 1. The fraction of sp³-hybridized carbons (Fsp3) is 0.659. The Balaban J connectivity index is 1.30. The first-order valence-corrected chi connectivity index (χ1v) is 21.8. The van der Waals surface area contributed by atoms with E-state index in [0.717, 1.165) is 69.9 Å². The van der Waals surface area contributed by atoms with E-state index < -0.39 is 26.8 Å². The van der Waals surface area contributed by atoms with E-state index in [9.17, 15) is 18.3 Å². The van der Waals surface area contributed by atoms with E-state index in [1.807, 2.05) is 20.1 Å². The predicted octanol–water partition coefficient (Wildman–Crippen LogP) is 5.05. The first-order chi connectivity index (χ1) is 25.9. The predicted molar refractivity (Wildman–Crippen MR) is 212 cm³/mol. The third-order valence-electron chi connectivity index (χ3n) is 13.2. The number of amides is 1. The maximum absolute atomic E-state index is 13.8. The molecule has 4 heterocycles. The smallest absolute Gasteiger partial charge is 0.283 e. The van der Waals surface area contributed by atoms with Crippen molar-refractivity contribution in [3.8, 4) is 5.75 Å². The highest BCUT2D eigenvalue weighted by atomic mass is 35.5. The Bertz CT molecular complexity index is 1820. The minimum atomic E-state index is -4.17. The zero-order valence-electron chi connectivity index (χ0n) is 32.3. The Labute approximate surface area is 326 Å². The Morgan fingerprint density at radius 2 is 1.94 bits per heavy atom. The van der Waals surface area contributed by atoms with Gasteiger partial charge in [0.15, 0.2) is 11.6 Å². The number of aryl methyl sites for hydroxylation is 1. The summed E-state index contributed by atoms with van der Waals surface area (Å²) >= 11 is 6.50. The minimum absolute atomic E-state index is 0.00583. The average Bonchev–Trinajstić information content (AvgIpc) is 3.28. The molecule has 1 saturated carbocycles. The number of anilines is 1. The molecule has 1 saturated heterocycles. The standard InChI is InChI=1S/C41H58ClN5O6S/c1-28(2)46-20-18-45(19-21-46)26-41(52-4)17-5-7-29(3)37(15-22-48)54(50,51)44-39(49)35-13-14-36-38(43-35)47(24-31-9-11-34(31)41)25-40(27-53-36)16-6-8-30-23-32(42)10-12-33(30)40/h5,10,12-14,17,23,28-29,31,34,37,48H,6-9,11,15-16,18-22,24-27H2,1-4H3,(H,44,49)/b17-5+/t29-,31-,34+,37?,40-,41+/m0/s1. The van der Waals surface area contributed by atoms with Gasteiger partial charge in [-0.1, -0.05) is 36.7 Å². The molecule has 2 aromatic rings. The number of hydrogen-bond acceptors (Lipinski definition) is 10. The molecule has 296 valence electrons. The molecule has 2 bridgehead atoms. The molecule has 1 aromatic heterocycles. The van der Waals surface area contributed by atoms with Crippen LogP contribution in [-0.2, 0) is 26.6 Å². The number of carbonyl (C=O) groups is 1. The van der Waals surface area contributed by atoms with Crippen molar-refractivity contribution in [2.45, 2.75) is 88.0 Å². The van der Waals surface area contributed by atoms with Gasteiger partial charge in [0.1, 0.15) is 11.3 Å². The first kappa shape index (κ1) is 39.5. The molecule has 0 radical (unpaired) electrons. The number of ether oxygens (including phenoxy) is 2. The van der Waals surface area contributed by atoms with Gasteiger partial charge in [-0.05, 0) is 112 Å². The molecule has 5 aliphatic rings. The molecule has 2 N–H and O–H groups in total. The number of pyridine rings is 1. The number of aromatic nitrogens is 1. The number of hydrogen-bond donors (Lipinski definition) is 2. The second-order valence-electron chi connectivity index (χ2n) is 16.8. The van der Waals surface area contributed by atoms with Gasteiger partial charge in [0.05, 0.1) is 11.9 Å². The van der Waals surface area contributed by atoms with Crippen molar-refractivity contribution < 1.29 is 27.8 Å². The van der Waals surface area contributed by atoms with Crippen LogP contribution in [0.5, 0.6) is 5.75 Å². The van der Waals surface area contributed by atoms with Crippen molar-refractivity contribution >= 4 is 33.3 Å². The van der Waals surface area contributed by atoms with Crippen LogP contribution in [0.4, 0.5) is 5.82 Å². The lowest BCUT2D eigenvalue weighted by Crippen LogP contribution is -2.59. The van der Waals surface area contributed by atoms with Gasteiger partial charge in [-0.3, -0.25) is 14.6 Å². The highest BCUT2D eigenvalue weighted by Crippen LogP contribution is 2.49. The zero-order valence-corrected chi connectivity index (χ0v) is 33.9. The first-order valence-electron chi connectivity index (χ1n) is 19.9. The summed E-state index contributed by atoms with van der Waals surface area (Å²) in [7, 11) is -2.35. The van der Waals surface area contributed by atoms with E-state index in [1.54, 1.807) is 12.1 Å². The number of benzene rings is 1. The Kier molecular flexibility index (Phi) is 11.7. The van der Waals surface area contributed by atoms with Gasteiger partial charge in [-0.25, -0.2) is 18.1 Å². The second kappa shape index (κ2) is 16.0. The summed E-state index contributed by atoms with van der Waals surface area (Å²) in [6.07, 6.45) is 9.68. The van der Waals surface area contributed by atoms with Crippen LogP contribution in [0, 0.1) is 17.8 Å². The number of piperazine rings is 1. The Morgan fingerprint density at radius 3 is 2.65 bits per heavy atom. The summed E-state index contributed by atoms with van der Waals surface area (Å²) in [6.45, 7) is 12.5. The monoisotopic (exact) mass is 783 g/mol. The fourth-order valence-corrected chi connectivity index (χ4v) is 11.8. The lowest BCUT2D eigenvalue weighted by atomic mass is 9.63. The number of carbonyl (C=O) groups excluding carboxylic acids is 1. The summed E-state index contributed by atoms with van der Waals surface area (Å²) in [5, 5.41) is 9.69. The number of nitrogens with zero attached hydrogens (tertiary/aromatic N) is 4. The molecule has 1 aromatic carbocycles. The van der Waals surface area contributed by atoms with E-state index in [0.29, 0.717) is 43.7 Å². The van der Waals surface area contributed by atoms with Crippen molar-refractivity contribution in [1.29, 1.82) is 0 Å². The summed E-state index contributed by atoms with van der Waals surface area (Å²) in [6, 6.07) is 10.0. The number of rotatable bonds is 6. The molecule has 54 heavy (non-hydrogen) atoms. The van der Waals surface area contributed by atoms with Gasteiger partial charge in [-0.2, -0.15) is 0 Å². The van der Waals surface area contributed by atoms with Crippen LogP contribution >= 0.6 is 11.6 Å². The molecule has 2 fully saturated rings. The molecular weight excluding hydrogens is 726 g/mol. The van der Waals surface area contributed by atoms with Crippen LogP contribution < -0.4 is 14.4 Å². The number of halogens is 1. The summed E-state index contributed by atoms with van der Waals surface area (Å²) in [4.78, 5) is 26.0. The number of aliphatic hydroxyl groups is 1. The molecule has 11 nitrogen and oxygen atoms in total. The van der Waals surface area contributed by atoms with Gasteiger partial charge >= 0.3 is 0 Å². The number of allylic oxidation sites excluding steroid dienone is 1. The minimum Gasteiger partial charge on any atom is -0.489 e. The Morgan fingerprint density at radius 1 is 1.15 bits per heavy atom. The summed E-state index contributed by atoms with van der Waals surface area (Å²) in [5.74, 6) is 0.451. The largest absolute Gasteiger partial charge is 0.489 e. The van der Waals surface area contributed by atoms with Gasteiger partial charge < -0.3 is 19.5 Å². The summed E-state index contributed by atoms with van der Waals surface area (Å²) in [5.41, 5.74) is 1.58. The zero-order chi connectivity index (χ0) is 38.3. The third-order valence-corrected chi connectivity index (χ3v) is 15.4. The van der Waals surface area contributed by atoms with E-state index in [4.69, 9.17) is 26.1 Å². The maximum atomic E-state index is 13.8. The van der Waals surface area contributed by atoms with Gasteiger partial charge in [0.2, 0.25) is 10.0 Å². The number of aliphatic hydroxyl groups excluding tert-OH is 1. The average molecular weight is 784 g/mol. The molecule has 2 aliphatic carbocycles. The molecule has 1 unspecified atom stereocenters. The van der Waals surface area contributed by atoms with E-state index in [2.05, 4.69) is 57.6 Å². The SMILES string of the molecule is CO[C@@]1(CN2CCN(C(C)C)CC2)/C=C/C[C@H](C)C(CCO)S(=O)(=O)NC(=O)c2ccc3c(n2)N(C[C@@H]2CC[C@H]21)C[C@@]1(CCCc2cc(Cl)ccc21)CO3. The van der Waals surface area contributed by atoms with E-state index in [-0.39, 0.29) is 41.9 Å². The van der Waals surface area contributed by atoms with Crippen molar-refractivity contribution in [2.24, 2.45) is 17.8 Å². The second-order valence-corrected chi connectivity index (χ2v) is 19.1. The van der Waals surface area contributed by atoms with E-state index >= 15 is 0 Å². The number of nitrogens with one attached hydrogen (secondary N) is 1. The molecule has 3 aliphatic heterocycles. The topological polar surface area (TPSA) is 125 Å². The summed E-state index contributed by atoms with van der Waals surface area (Å²) < 4.78 is 43.3. The molecule has 7 rings (SSSR count). The molecular formula is C41H58ClN5O6S. The molecule has 1 amide bonds. The lowest BCUT2D eigenvalue weighted by molar-refractivity contribution is -0.0961. The van der Waals surface area contributed by atoms with Gasteiger partial charge in [0, 0.05) is 76.0 Å². The van der Waals surface area contributed by atoms with Crippen molar-refractivity contribution in [2.75, 3.05) is 71.0 Å². The highest BCUT2D eigenvalue weighted by molar-refractivity contribution is 7.90. The normalized spacial score (nSPS) is 32.5. The van der Waals surface area contributed by atoms with Crippen LogP contribution in [0.1, 0.15) is 80.9 Å².